The highest BCUT2D eigenvalue weighted by molar-refractivity contribution is 5.77. The summed E-state index contributed by atoms with van der Waals surface area (Å²) in [6.07, 6.45) is 0. The third kappa shape index (κ3) is 5.50. The summed E-state index contributed by atoms with van der Waals surface area (Å²) in [4.78, 5) is 11.6. The molecule has 0 fully saturated rings. The van der Waals surface area contributed by atoms with Crippen molar-refractivity contribution in [3.05, 3.63) is 35.9 Å². The van der Waals surface area contributed by atoms with Gasteiger partial charge in [0, 0.05) is 0 Å². The molecule has 0 saturated carbocycles. The standard InChI is InChI=1S/C14H21NO2/c1-11(12-8-6-5-7-9-12)15-13(16)10-17-14(2,3)4/h5-9,11H,10H2,1-4H3,(H,15,16)/t11-/m0/s1. The van der Waals surface area contributed by atoms with E-state index in [1.807, 2.05) is 58.0 Å². The predicted molar refractivity (Wildman–Crippen MR) is 68.7 cm³/mol. The Morgan fingerprint density at radius 1 is 1.29 bits per heavy atom. The van der Waals surface area contributed by atoms with Crippen LogP contribution in [0.3, 0.4) is 0 Å². The summed E-state index contributed by atoms with van der Waals surface area (Å²) >= 11 is 0. The molecule has 0 heterocycles. The first-order valence-electron chi connectivity index (χ1n) is 5.87. The fourth-order valence-electron chi connectivity index (χ4n) is 1.39. The Balaban J connectivity index is 2.42. The zero-order valence-corrected chi connectivity index (χ0v) is 11.0. The van der Waals surface area contributed by atoms with Gasteiger partial charge in [0.2, 0.25) is 5.91 Å². The number of carbonyl (C=O) groups excluding carboxylic acids is 1. The molecule has 3 heteroatoms. The first-order valence-corrected chi connectivity index (χ1v) is 5.87. The van der Waals surface area contributed by atoms with Crippen LogP contribution in [0.25, 0.3) is 0 Å². The molecule has 0 aliphatic rings. The quantitative estimate of drug-likeness (QED) is 0.871. The minimum absolute atomic E-state index is 0.00673. The third-order valence-corrected chi connectivity index (χ3v) is 2.31. The van der Waals surface area contributed by atoms with Crippen LogP contribution in [-0.2, 0) is 9.53 Å². The normalized spacial score (nSPS) is 13.2. The number of nitrogens with one attached hydrogen (secondary N) is 1. The number of ether oxygens (including phenoxy) is 1. The van der Waals surface area contributed by atoms with E-state index in [9.17, 15) is 4.79 Å². The molecule has 0 spiro atoms. The molecule has 0 aliphatic heterocycles. The summed E-state index contributed by atoms with van der Waals surface area (Å²) in [6.45, 7) is 7.85. The molecule has 0 bridgehead atoms. The maximum atomic E-state index is 11.6. The van der Waals surface area contributed by atoms with Crippen molar-refractivity contribution in [2.24, 2.45) is 0 Å². The molecule has 1 amide bonds. The molecule has 94 valence electrons. The van der Waals surface area contributed by atoms with Gasteiger partial charge in [0.05, 0.1) is 11.6 Å². The number of hydrogen-bond donors (Lipinski definition) is 1. The lowest BCUT2D eigenvalue weighted by Crippen LogP contribution is -2.33. The molecule has 0 aromatic heterocycles. The molecule has 0 unspecified atom stereocenters. The molecule has 17 heavy (non-hydrogen) atoms. The van der Waals surface area contributed by atoms with Crippen LogP contribution in [-0.4, -0.2) is 18.1 Å². The summed E-state index contributed by atoms with van der Waals surface area (Å²) in [5.74, 6) is -0.0868. The molecule has 0 saturated heterocycles. The number of rotatable bonds is 4. The van der Waals surface area contributed by atoms with Crippen LogP contribution < -0.4 is 5.32 Å². The number of benzene rings is 1. The van der Waals surface area contributed by atoms with E-state index in [4.69, 9.17) is 4.74 Å². The molecular weight excluding hydrogens is 214 g/mol. The number of hydrogen-bond acceptors (Lipinski definition) is 2. The van der Waals surface area contributed by atoms with Crippen LogP contribution in [0, 0.1) is 0 Å². The topological polar surface area (TPSA) is 38.3 Å². The number of amides is 1. The van der Waals surface area contributed by atoms with Gasteiger partial charge in [-0.15, -0.1) is 0 Å². The van der Waals surface area contributed by atoms with Gasteiger partial charge in [-0.2, -0.15) is 0 Å². The van der Waals surface area contributed by atoms with E-state index >= 15 is 0 Å². The average Bonchev–Trinajstić information content (AvgIpc) is 2.27. The first kappa shape index (κ1) is 13.7. The Kier molecular flexibility index (Phi) is 4.70. The Labute approximate surface area is 103 Å². The van der Waals surface area contributed by atoms with Gasteiger partial charge in [0.1, 0.15) is 6.61 Å². The molecule has 3 nitrogen and oxygen atoms in total. The SMILES string of the molecule is C[C@H](NC(=O)COC(C)(C)C)c1ccccc1. The van der Waals surface area contributed by atoms with Gasteiger partial charge in [-0.1, -0.05) is 30.3 Å². The highest BCUT2D eigenvalue weighted by Crippen LogP contribution is 2.11. The monoisotopic (exact) mass is 235 g/mol. The second-order valence-electron chi connectivity index (χ2n) is 5.10. The highest BCUT2D eigenvalue weighted by Gasteiger charge is 2.14. The van der Waals surface area contributed by atoms with E-state index in [1.165, 1.54) is 0 Å². The lowest BCUT2D eigenvalue weighted by Gasteiger charge is -2.20. The van der Waals surface area contributed by atoms with Gasteiger partial charge < -0.3 is 10.1 Å². The molecule has 1 N–H and O–H groups in total. The van der Waals surface area contributed by atoms with Gasteiger partial charge in [0.15, 0.2) is 0 Å². The predicted octanol–water partition coefficient (Wildman–Crippen LogP) is 2.68. The molecule has 1 atom stereocenters. The maximum Gasteiger partial charge on any atom is 0.246 e. The van der Waals surface area contributed by atoms with Crippen molar-refractivity contribution in [2.45, 2.75) is 39.3 Å². The Morgan fingerprint density at radius 3 is 2.41 bits per heavy atom. The smallest absolute Gasteiger partial charge is 0.246 e. The van der Waals surface area contributed by atoms with Crippen LogP contribution >= 0.6 is 0 Å². The zero-order chi connectivity index (χ0) is 12.9. The van der Waals surface area contributed by atoms with Crippen LogP contribution in [0.2, 0.25) is 0 Å². The van der Waals surface area contributed by atoms with E-state index in [2.05, 4.69) is 5.32 Å². The minimum Gasteiger partial charge on any atom is -0.366 e. The lowest BCUT2D eigenvalue weighted by atomic mass is 10.1. The van der Waals surface area contributed by atoms with Crippen LogP contribution in [0.1, 0.15) is 39.3 Å². The van der Waals surface area contributed by atoms with E-state index in [0.29, 0.717) is 0 Å². The van der Waals surface area contributed by atoms with Crippen molar-refractivity contribution in [1.29, 1.82) is 0 Å². The molecule has 1 rings (SSSR count). The second kappa shape index (κ2) is 5.82. The van der Waals surface area contributed by atoms with Crippen molar-refractivity contribution in [3.8, 4) is 0 Å². The minimum atomic E-state index is -0.284. The Morgan fingerprint density at radius 2 is 1.88 bits per heavy atom. The van der Waals surface area contributed by atoms with Crippen molar-refractivity contribution in [1.82, 2.24) is 5.32 Å². The molecule has 1 aromatic rings. The molecular formula is C14H21NO2. The largest absolute Gasteiger partial charge is 0.366 e. The van der Waals surface area contributed by atoms with Gasteiger partial charge in [-0.25, -0.2) is 0 Å². The van der Waals surface area contributed by atoms with E-state index in [0.717, 1.165) is 5.56 Å². The summed E-state index contributed by atoms with van der Waals surface area (Å²) < 4.78 is 5.42. The highest BCUT2D eigenvalue weighted by atomic mass is 16.5. The van der Waals surface area contributed by atoms with Crippen molar-refractivity contribution in [2.75, 3.05) is 6.61 Å². The van der Waals surface area contributed by atoms with E-state index in [-0.39, 0.29) is 24.2 Å². The average molecular weight is 235 g/mol. The lowest BCUT2D eigenvalue weighted by molar-refractivity contribution is -0.131. The van der Waals surface area contributed by atoms with Gasteiger partial charge >= 0.3 is 0 Å². The summed E-state index contributed by atoms with van der Waals surface area (Å²) in [5, 5.41) is 2.90. The maximum absolute atomic E-state index is 11.6. The fraction of sp³-hybridized carbons (Fsp3) is 0.500. The second-order valence-corrected chi connectivity index (χ2v) is 5.10. The summed E-state index contributed by atoms with van der Waals surface area (Å²) in [5.41, 5.74) is 0.810. The van der Waals surface area contributed by atoms with Crippen LogP contribution in [0.15, 0.2) is 30.3 Å². The van der Waals surface area contributed by atoms with Crippen molar-refractivity contribution < 1.29 is 9.53 Å². The first-order chi connectivity index (χ1) is 7.88. The van der Waals surface area contributed by atoms with Crippen molar-refractivity contribution >= 4 is 5.91 Å². The van der Waals surface area contributed by atoms with Gasteiger partial charge in [-0.3, -0.25) is 4.79 Å². The van der Waals surface area contributed by atoms with Crippen LogP contribution in [0.4, 0.5) is 0 Å². The Hall–Kier alpha value is -1.35. The van der Waals surface area contributed by atoms with Crippen molar-refractivity contribution in [3.63, 3.8) is 0 Å². The molecule has 0 aliphatic carbocycles. The third-order valence-electron chi connectivity index (χ3n) is 2.31. The molecule has 1 aromatic carbocycles. The van der Waals surface area contributed by atoms with Crippen LogP contribution in [0.5, 0.6) is 0 Å². The van der Waals surface area contributed by atoms with Gasteiger partial charge in [-0.05, 0) is 33.3 Å². The van der Waals surface area contributed by atoms with E-state index < -0.39 is 0 Å². The van der Waals surface area contributed by atoms with E-state index in [1.54, 1.807) is 0 Å². The van der Waals surface area contributed by atoms with Gasteiger partial charge in [0.25, 0.3) is 0 Å². The molecule has 0 radical (unpaired) electrons. The Bertz CT molecular complexity index is 354. The fourth-order valence-corrected chi connectivity index (χ4v) is 1.39. The summed E-state index contributed by atoms with van der Waals surface area (Å²) in [7, 11) is 0. The summed E-state index contributed by atoms with van der Waals surface area (Å²) in [6, 6.07) is 9.88. The zero-order valence-electron chi connectivity index (χ0n) is 11.0. The number of carbonyl (C=O) groups is 1.